The zero-order chi connectivity index (χ0) is 21.3. The largest absolute Gasteiger partial charge is 0.478 e. The number of aromatic carboxylic acids is 2. The molecule has 0 aromatic heterocycles. The summed E-state index contributed by atoms with van der Waals surface area (Å²) in [7, 11) is 0. The summed E-state index contributed by atoms with van der Waals surface area (Å²) in [6.45, 7) is 0. The van der Waals surface area contributed by atoms with Gasteiger partial charge in [-0.15, -0.1) is 0 Å². The lowest BCUT2D eigenvalue weighted by atomic mass is 10.0. The summed E-state index contributed by atoms with van der Waals surface area (Å²) in [4.78, 5) is 21.7. The molecule has 0 heterocycles. The number of carbonyl (C=O) groups is 2. The van der Waals surface area contributed by atoms with Crippen molar-refractivity contribution in [1.82, 2.24) is 0 Å². The molecule has 0 aliphatic carbocycles. The molecule has 0 unspecified atom stereocenters. The SMILES string of the molecule is O.O=C(O)c1cccc(-c2cccc(C(=O)O)c2)c1.c1ccc(-c2ccccc2)cc1. The standard InChI is InChI=1S/C14H10O4.C12H10.H2O/c15-13(16)11-5-1-3-9(7-11)10-4-2-6-12(8-10)14(17)18;1-3-7-11(8-4-1)12-9-5-2-6-10-12;/h1-8H,(H,15,16)(H,17,18);1-10H;1H2. The Morgan fingerprint density at radius 2 is 0.774 bits per heavy atom. The van der Waals surface area contributed by atoms with E-state index in [9.17, 15) is 9.59 Å². The normalized spacial score (nSPS) is 9.55. The molecule has 4 aromatic carbocycles. The van der Waals surface area contributed by atoms with Crippen LogP contribution >= 0.6 is 0 Å². The van der Waals surface area contributed by atoms with E-state index in [2.05, 4.69) is 48.5 Å². The summed E-state index contributed by atoms with van der Waals surface area (Å²) in [5.74, 6) is -2.02. The molecule has 156 valence electrons. The van der Waals surface area contributed by atoms with Crippen LogP contribution in [0.3, 0.4) is 0 Å². The first-order valence-corrected chi connectivity index (χ1v) is 9.32. The van der Waals surface area contributed by atoms with E-state index in [4.69, 9.17) is 10.2 Å². The Morgan fingerprint density at radius 1 is 0.452 bits per heavy atom. The zero-order valence-electron chi connectivity index (χ0n) is 16.6. The fraction of sp³-hybridized carbons (Fsp3) is 0. The van der Waals surface area contributed by atoms with Crippen LogP contribution in [0.4, 0.5) is 0 Å². The summed E-state index contributed by atoms with van der Waals surface area (Å²) >= 11 is 0. The van der Waals surface area contributed by atoms with Crippen LogP contribution in [0.2, 0.25) is 0 Å². The van der Waals surface area contributed by atoms with Crippen molar-refractivity contribution in [3.05, 3.63) is 120 Å². The van der Waals surface area contributed by atoms with Gasteiger partial charge in [-0.3, -0.25) is 0 Å². The van der Waals surface area contributed by atoms with Gasteiger partial charge in [0.25, 0.3) is 0 Å². The van der Waals surface area contributed by atoms with Gasteiger partial charge in [-0.25, -0.2) is 9.59 Å². The Morgan fingerprint density at radius 3 is 1.10 bits per heavy atom. The van der Waals surface area contributed by atoms with Crippen molar-refractivity contribution in [1.29, 1.82) is 0 Å². The molecule has 0 aliphatic rings. The first-order valence-electron chi connectivity index (χ1n) is 9.32. The molecule has 0 spiro atoms. The summed E-state index contributed by atoms with van der Waals surface area (Å²) in [5.41, 5.74) is 4.26. The second-order valence-corrected chi connectivity index (χ2v) is 6.50. The first-order chi connectivity index (χ1) is 14.5. The van der Waals surface area contributed by atoms with Crippen molar-refractivity contribution in [2.45, 2.75) is 0 Å². The predicted molar refractivity (Wildman–Crippen MR) is 121 cm³/mol. The van der Waals surface area contributed by atoms with Crippen LogP contribution < -0.4 is 0 Å². The van der Waals surface area contributed by atoms with E-state index in [1.165, 1.54) is 35.4 Å². The van der Waals surface area contributed by atoms with Gasteiger partial charge in [-0.2, -0.15) is 0 Å². The van der Waals surface area contributed by atoms with Gasteiger partial charge in [0.15, 0.2) is 0 Å². The molecule has 4 aromatic rings. The molecule has 0 fully saturated rings. The van der Waals surface area contributed by atoms with Crippen LogP contribution in [0.5, 0.6) is 0 Å². The number of hydrogen-bond acceptors (Lipinski definition) is 2. The minimum Gasteiger partial charge on any atom is -0.478 e. The number of carboxylic acid groups (broad SMARTS) is 2. The monoisotopic (exact) mass is 414 g/mol. The van der Waals surface area contributed by atoms with Crippen LogP contribution in [0, 0.1) is 0 Å². The van der Waals surface area contributed by atoms with E-state index >= 15 is 0 Å². The average Bonchev–Trinajstić information content (AvgIpc) is 2.81. The van der Waals surface area contributed by atoms with Crippen molar-refractivity contribution in [3.8, 4) is 22.3 Å². The summed E-state index contributed by atoms with van der Waals surface area (Å²) < 4.78 is 0. The van der Waals surface area contributed by atoms with Crippen molar-refractivity contribution in [2.24, 2.45) is 0 Å². The zero-order valence-corrected chi connectivity index (χ0v) is 16.6. The highest BCUT2D eigenvalue weighted by atomic mass is 16.4. The van der Waals surface area contributed by atoms with E-state index in [0.717, 1.165) is 0 Å². The van der Waals surface area contributed by atoms with E-state index in [0.29, 0.717) is 11.1 Å². The molecule has 4 rings (SSSR count). The van der Waals surface area contributed by atoms with E-state index in [-0.39, 0.29) is 16.6 Å². The third kappa shape index (κ3) is 6.39. The highest BCUT2D eigenvalue weighted by Crippen LogP contribution is 2.22. The maximum atomic E-state index is 10.9. The smallest absolute Gasteiger partial charge is 0.335 e. The number of benzene rings is 4. The molecule has 5 nitrogen and oxygen atoms in total. The van der Waals surface area contributed by atoms with Crippen molar-refractivity contribution >= 4 is 11.9 Å². The van der Waals surface area contributed by atoms with Crippen LogP contribution in [-0.4, -0.2) is 27.6 Å². The molecule has 0 radical (unpaired) electrons. The van der Waals surface area contributed by atoms with Crippen molar-refractivity contribution in [3.63, 3.8) is 0 Å². The van der Waals surface area contributed by atoms with Crippen molar-refractivity contribution < 1.29 is 25.3 Å². The predicted octanol–water partition coefficient (Wildman–Crippen LogP) is 5.28. The number of carboxylic acids is 2. The van der Waals surface area contributed by atoms with Gasteiger partial charge in [-0.05, 0) is 46.5 Å². The van der Waals surface area contributed by atoms with Gasteiger partial charge < -0.3 is 15.7 Å². The van der Waals surface area contributed by atoms with Gasteiger partial charge in [0.2, 0.25) is 0 Å². The molecule has 5 heteroatoms. The Balaban J connectivity index is 0.000000229. The van der Waals surface area contributed by atoms with Crippen LogP contribution in [0.1, 0.15) is 20.7 Å². The summed E-state index contributed by atoms with van der Waals surface area (Å²) in [5, 5.41) is 17.8. The lowest BCUT2D eigenvalue weighted by molar-refractivity contribution is 0.0686. The van der Waals surface area contributed by atoms with Crippen molar-refractivity contribution in [2.75, 3.05) is 0 Å². The molecule has 0 saturated heterocycles. The number of hydrogen-bond donors (Lipinski definition) is 2. The first kappa shape index (κ1) is 23.1. The molecule has 0 aliphatic heterocycles. The van der Waals surface area contributed by atoms with E-state index in [1.54, 1.807) is 24.3 Å². The second-order valence-electron chi connectivity index (χ2n) is 6.50. The Bertz CT molecular complexity index is 1050. The fourth-order valence-electron chi connectivity index (χ4n) is 2.92. The summed E-state index contributed by atoms with van der Waals surface area (Å²) in [6, 6.07) is 33.6. The topological polar surface area (TPSA) is 106 Å². The molecule has 4 N–H and O–H groups in total. The molecule has 0 amide bonds. The molecule has 0 bridgehead atoms. The van der Waals surface area contributed by atoms with Gasteiger partial charge >= 0.3 is 11.9 Å². The lowest BCUT2D eigenvalue weighted by Crippen LogP contribution is -1.97. The average molecular weight is 414 g/mol. The van der Waals surface area contributed by atoms with Crippen LogP contribution in [0.25, 0.3) is 22.3 Å². The fourth-order valence-corrected chi connectivity index (χ4v) is 2.92. The molecule has 0 atom stereocenters. The highest BCUT2D eigenvalue weighted by molar-refractivity contribution is 5.91. The van der Waals surface area contributed by atoms with Gasteiger partial charge in [0, 0.05) is 0 Å². The minimum absolute atomic E-state index is 0. The Kier molecular flexibility index (Phi) is 8.25. The molecule has 31 heavy (non-hydrogen) atoms. The highest BCUT2D eigenvalue weighted by Gasteiger charge is 2.07. The molecule has 0 saturated carbocycles. The quantitative estimate of drug-likeness (QED) is 0.474. The number of rotatable bonds is 4. The lowest BCUT2D eigenvalue weighted by Gasteiger charge is -2.04. The van der Waals surface area contributed by atoms with Gasteiger partial charge in [-0.1, -0.05) is 84.9 Å². The third-order valence-corrected chi connectivity index (χ3v) is 4.43. The maximum absolute atomic E-state index is 10.9. The van der Waals surface area contributed by atoms with E-state index in [1.807, 2.05) is 12.1 Å². The van der Waals surface area contributed by atoms with Crippen LogP contribution in [0.15, 0.2) is 109 Å². The second kappa shape index (κ2) is 11.1. The Hall–Kier alpha value is -4.22. The van der Waals surface area contributed by atoms with Crippen LogP contribution in [-0.2, 0) is 0 Å². The molecular formula is C26H22O5. The van der Waals surface area contributed by atoms with Gasteiger partial charge in [0.1, 0.15) is 0 Å². The molecular weight excluding hydrogens is 392 g/mol. The van der Waals surface area contributed by atoms with E-state index < -0.39 is 11.9 Å². The maximum Gasteiger partial charge on any atom is 0.335 e. The Labute approximate surface area is 180 Å². The third-order valence-electron chi connectivity index (χ3n) is 4.43. The minimum atomic E-state index is -1.01. The summed E-state index contributed by atoms with van der Waals surface area (Å²) in [6.07, 6.45) is 0. The van der Waals surface area contributed by atoms with Gasteiger partial charge in [0.05, 0.1) is 11.1 Å².